The summed E-state index contributed by atoms with van der Waals surface area (Å²) in [5, 5.41) is 5.06. The van der Waals surface area contributed by atoms with E-state index in [9.17, 15) is 0 Å². The standard InChI is InChI=1S/C16H14ClN3/c1-18-16(13-6-7-19-10-14(13)17)12-8-11-4-2-3-5-15(11)20-9-12/h2-10,16,18H,1H3. The molecule has 0 aliphatic heterocycles. The van der Waals surface area contributed by atoms with Crippen molar-refractivity contribution in [2.75, 3.05) is 7.05 Å². The van der Waals surface area contributed by atoms with Crippen molar-refractivity contribution in [3.8, 4) is 0 Å². The van der Waals surface area contributed by atoms with Gasteiger partial charge in [0.25, 0.3) is 0 Å². The highest BCUT2D eigenvalue weighted by Crippen LogP contribution is 2.28. The third kappa shape index (κ3) is 2.38. The van der Waals surface area contributed by atoms with Gasteiger partial charge in [-0.3, -0.25) is 9.97 Å². The lowest BCUT2D eigenvalue weighted by Crippen LogP contribution is -2.18. The second-order valence-electron chi connectivity index (χ2n) is 4.58. The molecule has 1 atom stereocenters. The van der Waals surface area contributed by atoms with E-state index in [0.29, 0.717) is 5.02 Å². The predicted molar refractivity (Wildman–Crippen MR) is 81.9 cm³/mol. The fourth-order valence-corrected chi connectivity index (χ4v) is 2.60. The van der Waals surface area contributed by atoms with Gasteiger partial charge in [-0.1, -0.05) is 29.8 Å². The summed E-state index contributed by atoms with van der Waals surface area (Å²) in [4.78, 5) is 8.54. The molecule has 0 aliphatic carbocycles. The van der Waals surface area contributed by atoms with Crippen LogP contribution in [0.5, 0.6) is 0 Å². The van der Waals surface area contributed by atoms with E-state index >= 15 is 0 Å². The Morgan fingerprint density at radius 3 is 2.80 bits per heavy atom. The van der Waals surface area contributed by atoms with E-state index in [1.807, 2.05) is 37.5 Å². The van der Waals surface area contributed by atoms with Crippen LogP contribution in [0.25, 0.3) is 10.9 Å². The number of aromatic nitrogens is 2. The quantitative estimate of drug-likeness (QED) is 0.798. The van der Waals surface area contributed by atoms with E-state index < -0.39 is 0 Å². The van der Waals surface area contributed by atoms with Crippen molar-refractivity contribution >= 4 is 22.5 Å². The molecule has 20 heavy (non-hydrogen) atoms. The van der Waals surface area contributed by atoms with Crippen LogP contribution in [-0.4, -0.2) is 17.0 Å². The molecule has 0 saturated carbocycles. The minimum Gasteiger partial charge on any atom is -0.309 e. The predicted octanol–water partition coefficient (Wildman–Crippen LogP) is 3.59. The number of nitrogens with zero attached hydrogens (tertiary/aromatic N) is 2. The molecule has 0 saturated heterocycles. The zero-order valence-electron chi connectivity index (χ0n) is 11.0. The van der Waals surface area contributed by atoms with Crippen LogP contribution >= 0.6 is 11.6 Å². The molecule has 0 fully saturated rings. The fourth-order valence-electron chi connectivity index (χ4n) is 2.37. The smallest absolute Gasteiger partial charge is 0.0702 e. The summed E-state index contributed by atoms with van der Waals surface area (Å²) in [6, 6.07) is 12.1. The highest BCUT2D eigenvalue weighted by molar-refractivity contribution is 6.31. The van der Waals surface area contributed by atoms with Gasteiger partial charge in [0.1, 0.15) is 0 Å². The van der Waals surface area contributed by atoms with Gasteiger partial charge in [0, 0.05) is 24.0 Å². The first kappa shape index (κ1) is 13.0. The van der Waals surface area contributed by atoms with Gasteiger partial charge in [-0.2, -0.15) is 0 Å². The maximum Gasteiger partial charge on any atom is 0.0702 e. The topological polar surface area (TPSA) is 37.8 Å². The van der Waals surface area contributed by atoms with Crippen LogP contribution < -0.4 is 5.32 Å². The lowest BCUT2D eigenvalue weighted by atomic mass is 10.00. The van der Waals surface area contributed by atoms with Crippen LogP contribution in [0, 0.1) is 0 Å². The van der Waals surface area contributed by atoms with Crippen molar-refractivity contribution in [2.24, 2.45) is 0 Å². The first-order valence-corrected chi connectivity index (χ1v) is 6.79. The zero-order chi connectivity index (χ0) is 13.9. The van der Waals surface area contributed by atoms with Gasteiger partial charge in [-0.15, -0.1) is 0 Å². The van der Waals surface area contributed by atoms with Gasteiger partial charge in [0.2, 0.25) is 0 Å². The Morgan fingerprint density at radius 2 is 2.00 bits per heavy atom. The summed E-state index contributed by atoms with van der Waals surface area (Å²) in [5.74, 6) is 0. The largest absolute Gasteiger partial charge is 0.309 e. The Balaban J connectivity index is 2.10. The van der Waals surface area contributed by atoms with E-state index in [-0.39, 0.29) is 6.04 Å². The van der Waals surface area contributed by atoms with Gasteiger partial charge < -0.3 is 5.32 Å². The number of halogens is 1. The molecule has 0 spiro atoms. The van der Waals surface area contributed by atoms with Crippen molar-refractivity contribution in [3.05, 3.63) is 71.1 Å². The number of hydrogen-bond donors (Lipinski definition) is 1. The molecule has 3 rings (SSSR count). The van der Waals surface area contributed by atoms with Gasteiger partial charge >= 0.3 is 0 Å². The molecule has 4 heteroatoms. The third-order valence-electron chi connectivity index (χ3n) is 3.35. The lowest BCUT2D eigenvalue weighted by molar-refractivity contribution is 0.689. The SMILES string of the molecule is CNC(c1cnc2ccccc2c1)c1ccncc1Cl. The first-order chi connectivity index (χ1) is 9.79. The second-order valence-corrected chi connectivity index (χ2v) is 4.99. The maximum absolute atomic E-state index is 6.24. The van der Waals surface area contributed by atoms with Gasteiger partial charge in [0.15, 0.2) is 0 Å². The summed E-state index contributed by atoms with van der Waals surface area (Å²) in [6.45, 7) is 0. The van der Waals surface area contributed by atoms with Crippen molar-refractivity contribution in [1.82, 2.24) is 15.3 Å². The summed E-state index contributed by atoms with van der Waals surface area (Å²) >= 11 is 6.24. The molecule has 0 bridgehead atoms. The molecule has 2 heterocycles. The minimum absolute atomic E-state index is 0.00241. The highest BCUT2D eigenvalue weighted by Gasteiger charge is 2.15. The minimum atomic E-state index is 0.00241. The van der Waals surface area contributed by atoms with E-state index in [4.69, 9.17) is 11.6 Å². The Bertz CT molecular complexity index is 742. The van der Waals surface area contributed by atoms with Crippen LogP contribution in [0.3, 0.4) is 0 Å². The molecule has 0 amide bonds. The summed E-state index contributed by atoms with van der Waals surface area (Å²) < 4.78 is 0. The molecule has 1 unspecified atom stereocenters. The van der Waals surface area contributed by atoms with Gasteiger partial charge in [0.05, 0.1) is 16.6 Å². The Kier molecular flexibility index (Phi) is 3.63. The molecule has 3 nitrogen and oxygen atoms in total. The molecule has 2 aromatic heterocycles. The third-order valence-corrected chi connectivity index (χ3v) is 3.66. The molecule has 1 aromatic carbocycles. The molecular formula is C16H14ClN3. The normalized spacial score (nSPS) is 12.5. The van der Waals surface area contributed by atoms with Gasteiger partial charge in [-0.05, 0) is 36.4 Å². The number of pyridine rings is 2. The van der Waals surface area contributed by atoms with Gasteiger partial charge in [-0.25, -0.2) is 0 Å². The molecule has 0 aliphatic rings. The Hall–Kier alpha value is -1.97. The molecule has 1 N–H and O–H groups in total. The molecule has 3 aromatic rings. The van der Waals surface area contributed by atoms with Crippen molar-refractivity contribution in [1.29, 1.82) is 0 Å². The number of rotatable bonds is 3. The van der Waals surface area contributed by atoms with E-state index in [1.165, 1.54) is 0 Å². The van der Waals surface area contributed by atoms with Crippen LogP contribution in [0.2, 0.25) is 5.02 Å². The number of para-hydroxylation sites is 1. The van der Waals surface area contributed by atoms with Crippen molar-refractivity contribution in [3.63, 3.8) is 0 Å². The fraction of sp³-hybridized carbons (Fsp3) is 0.125. The number of benzene rings is 1. The Labute approximate surface area is 122 Å². The van der Waals surface area contributed by atoms with E-state index in [2.05, 4.69) is 27.4 Å². The summed E-state index contributed by atoms with van der Waals surface area (Å²) in [6.07, 6.45) is 5.30. The summed E-state index contributed by atoms with van der Waals surface area (Å²) in [7, 11) is 1.91. The Morgan fingerprint density at radius 1 is 1.15 bits per heavy atom. The average Bonchev–Trinajstić information content (AvgIpc) is 2.50. The highest BCUT2D eigenvalue weighted by atomic mass is 35.5. The maximum atomic E-state index is 6.24. The number of fused-ring (bicyclic) bond motifs is 1. The first-order valence-electron chi connectivity index (χ1n) is 6.41. The van der Waals surface area contributed by atoms with E-state index in [1.54, 1.807) is 12.4 Å². The monoisotopic (exact) mass is 283 g/mol. The average molecular weight is 284 g/mol. The van der Waals surface area contributed by atoms with Crippen LogP contribution in [0.4, 0.5) is 0 Å². The second kappa shape index (κ2) is 5.57. The van der Waals surface area contributed by atoms with Crippen LogP contribution in [0.15, 0.2) is 55.0 Å². The number of nitrogens with one attached hydrogen (secondary N) is 1. The summed E-state index contributed by atoms with van der Waals surface area (Å²) in [5.41, 5.74) is 3.08. The molecule has 0 radical (unpaired) electrons. The molecular weight excluding hydrogens is 270 g/mol. The van der Waals surface area contributed by atoms with Crippen molar-refractivity contribution < 1.29 is 0 Å². The molecule has 100 valence electrons. The van der Waals surface area contributed by atoms with Crippen LogP contribution in [-0.2, 0) is 0 Å². The van der Waals surface area contributed by atoms with Crippen LogP contribution in [0.1, 0.15) is 17.2 Å². The zero-order valence-corrected chi connectivity index (χ0v) is 11.8. The van der Waals surface area contributed by atoms with E-state index in [0.717, 1.165) is 22.0 Å². The lowest BCUT2D eigenvalue weighted by Gasteiger charge is -2.18. The number of hydrogen-bond acceptors (Lipinski definition) is 3. The van der Waals surface area contributed by atoms with Crippen molar-refractivity contribution in [2.45, 2.75) is 6.04 Å².